The van der Waals surface area contributed by atoms with Crippen molar-refractivity contribution in [2.45, 2.75) is 20.1 Å². The molecule has 0 amide bonds. The van der Waals surface area contributed by atoms with Gasteiger partial charge in [0.2, 0.25) is 0 Å². The second-order valence-electron chi connectivity index (χ2n) is 4.38. The van der Waals surface area contributed by atoms with Gasteiger partial charge in [-0.05, 0) is 36.4 Å². The maximum Gasteiger partial charge on any atom is 0.162 e. The number of benzene rings is 1. The van der Waals surface area contributed by atoms with Crippen LogP contribution in [0.2, 0.25) is 0 Å². The number of rotatable bonds is 7. The maximum atomic E-state index is 5.82. The topological polar surface area (TPSA) is 43.4 Å². The lowest BCUT2D eigenvalue weighted by Crippen LogP contribution is -2.11. The molecule has 1 heterocycles. The molecule has 4 nitrogen and oxygen atoms in total. The van der Waals surface area contributed by atoms with E-state index in [4.69, 9.17) is 9.47 Å². The van der Waals surface area contributed by atoms with E-state index in [1.807, 2.05) is 36.4 Å². The lowest BCUT2D eigenvalue weighted by Gasteiger charge is -2.12. The number of pyridine rings is 1. The van der Waals surface area contributed by atoms with E-state index in [1.54, 1.807) is 13.3 Å². The molecule has 0 spiro atoms. The summed E-state index contributed by atoms with van der Waals surface area (Å²) in [5.41, 5.74) is 2.07. The molecule has 1 aromatic heterocycles. The quantitative estimate of drug-likeness (QED) is 0.841. The summed E-state index contributed by atoms with van der Waals surface area (Å²) in [4.78, 5) is 4.24. The lowest BCUT2D eigenvalue weighted by molar-refractivity contribution is 0.280. The molecule has 0 unspecified atom stereocenters. The first-order valence-corrected chi connectivity index (χ1v) is 6.74. The third-order valence-electron chi connectivity index (χ3n) is 2.91. The minimum absolute atomic E-state index is 0.432. The van der Waals surface area contributed by atoms with Gasteiger partial charge < -0.3 is 14.8 Å². The average molecular weight is 272 g/mol. The molecule has 0 saturated carbocycles. The molecule has 1 N–H and O–H groups in total. The molecule has 20 heavy (non-hydrogen) atoms. The molecule has 0 atom stereocenters. The summed E-state index contributed by atoms with van der Waals surface area (Å²) in [6.45, 7) is 4.28. The van der Waals surface area contributed by atoms with E-state index in [0.29, 0.717) is 6.61 Å². The highest BCUT2D eigenvalue weighted by Crippen LogP contribution is 2.28. The third kappa shape index (κ3) is 3.96. The fraction of sp³-hybridized carbons (Fsp3) is 0.312. The fourth-order valence-electron chi connectivity index (χ4n) is 1.85. The van der Waals surface area contributed by atoms with Crippen LogP contribution >= 0.6 is 0 Å². The smallest absolute Gasteiger partial charge is 0.162 e. The van der Waals surface area contributed by atoms with E-state index in [1.165, 1.54) is 5.56 Å². The second kappa shape index (κ2) is 7.50. The molecule has 0 fully saturated rings. The van der Waals surface area contributed by atoms with Crippen LogP contribution in [0.1, 0.15) is 18.2 Å². The van der Waals surface area contributed by atoms with Crippen LogP contribution < -0.4 is 14.8 Å². The second-order valence-corrected chi connectivity index (χ2v) is 4.38. The molecule has 0 aliphatic carbocycles. The summed E-state index contributed by atoms with van der Waals surface area (Å²) in [6, 6.07) is 11.8. The summed E-state index contributed by atoms with van der Waals surface area (Å²) in [6.07, 6.45) is 1.76. The summed E-state index contributed by atoms with van der Waals surface area (Å²) in [7, 11) is 1.65. The highest BCUT2D eigenvalue weighted by molar-refractivity contribution is 5.43. The Morgan fingerprint density at radius 3 is 2.75 bits per heavy atom. The van der Waals surface area contributed by atoms with Gasteiger partial charge in [-0.25, -0.2) is 0 Å². The fourth-order valence-corrected chi connectivity index (χ4v) is 1.85. The van der Waals surface area contributed by atoms with Crippen molar-refractivity contribution in [3.8, 4) is 11.5 Å². The first-order valence-electron chi connectivity index (χ1n) is 6.74. The van der Waals surface area contributed by atoms with Gasteiger partial charge in [0.1, 0.15) is 6.61 Å². The number of nitrogens with zero attached hydrogens (tertiary/aromatic N) is 1. The van der Waals surface area contributed by atoms with Crippen molar-refractivity contribution in [2.75, 3.05) is 13.7 Å². The van der Waals surface area contributed by atoms with Crippen LogP contribution in [0, 0.1) is 0 Å². The molecular weight excluding hydrogens is 252 g/mol. The number of hydrogen-bond donors (Lipinski definition) is 1. The van der Waals surface area contributed by atoms with Gasteiger partial charge in [-0.3, -0.25) is 4.98 Å². The monoisotopic (exact) mass is 272 g/mol. The van der Waals surface area contributed by atoms with Crippen LogP contribution in [0.4, 0.5) is 0 Å². The van der Waals surface area contributed by atoms with Crippen molar-refractivity contribution in [1.82, 2.24) is 10.3 Å². The van der Waals surface area contributed by atoms with Crippen molar-refractivity contribution in [3.63, 3.8) is 0 Å². The molecule has 2 rings (SSSR count). The maximum absolute atomic E-state index is 5.82. The third-order valence-corrected chi connectivity index (χ3v) is 2.91. The Bertz CT molecular complexity index is 529. The molecule has 0 aliphatic rings. The van der Waals surface area contributed by atoms with Crippen molar-refractivity contribution in [2.24, 2.45) is 0 Å². The average Bonchev–Trinajstić information content (AvgIpc) is 2.52. The Balaban J connectivity index is 2.07. The largest absolute Gasteiger partial charge is 0.493 e. The van der Waals surface area contributed by atoms with Crippen LogP contribution in [0.3, 0.4) is 0 Å². The highest BCUT2D eigenvalue weighted by atomic mass is 16.5. The van der Waals surface area contributed by atoms with Gasteiger partial charge in [-0.15, -0.1) is 0 Å². The van der Waals surface area contributed by atoms with Gasteiger partial charge in [0.05, 0.1) is 12.8 Å². The number of ether oxygens (including phenoxy) is 2. The molecule has 0 saturated heterocycles. The number of methoxy groups -OCH3 is 1. The number of nitrogens with one attached hydrogen (secondary N) is 1. The van der Waals surface area contributed by atoms with E-state index < -0.39 is 0 Å². The van der Waals surface area contributed by atoms with Gasteiger partial charge in [-0.2, -0.15) is 0 Å². The Kier molecular flexibility index (Phi) is 5.38. The van der Waals surface area contributed by atoms with Crippen molar-refractivity contribution < 1.29 is 9.47 Å². The Morgan fingerprint density at radius 1 is 1.15 bits per heavy atom. The van der Waals surface area contributed by atoms with Crippen LogP contribution in [0.15, 0.2) is 42.6 Å². The summed E-state index contributed by atoms with van der Waals surface area (Å²) in [5, 5.41) is 3.29. The number of hydrogen-bond acceptors (Lipinski definition) is 4. The molecule has 0 aliphatic heterocycles. The first kappa shape index (κ1) is 14.3. The minimum Gasteiger partial charge on any atom is -0.493 e. The Morgan fingerprint density at radius 2 is 2.05 bits per heavy atom. The zero-order valence-corrected chi connectivity index (χ0v) is 11.9. The summed E-state index contributed by atoms with van der Waals surface area (Å²) in [5.74, 6) is 1.48. The highest BCUT2D eigenvalue weighted by Gasteiger charge is 2.06. The summed E-state index contributed by atoms with van der Waals surface area (Å²) >= 11 is 0. The minimum atomic E-state index is 0.432. The van der Waals surface area contributed by atoms with E-state index >= 15 is 0 Å². The van der Waals surface area contributed by atoms with Gasteiger partial charge >= 0.3 is 0 Å². The molecule has 0 bridgehead atoms. The van der Waals surface area contributed by atoms with Crippen molar-refractivity contribution >= 4 is 0 Å². The molecule has 1 aromatic carbocycles. The van der Waals surface area contributed by atoms with Gasteiger partial charge in [0.25, 0.3) is 0 Å². The predicted molar refractivity (Wildman–Crippen MR) is 78.9 cm³/mol. The normalized spacial score (nSPS) is 10.3. The predicted octanol–water partition coefficient (Wildman–Crippen LogP) is 2.78. The lowest BCUT2D eigenvalue weighted by atomic mass is 10.2. The molecular formula is C16H20N2O2. The van der Waals surface area contributed by atoms with E-state index in [9.17, 15) is 0 Å². The van der Waals surface area contributed by atoms with Crippen molar-refractivity contribution in [3.05, 3.63) is 53.9 Å². The summed E-state index contributed by atoms with van der Waals surface area (Å²) < 4.78 is 11.1. The molecule has 0 radical (unpaired) electrons. The van der Waals surface area contributed by atoms with Gasteiger partial charge in [0.15, 0.2) is 11.5 Å². The Hall–Kier alpha value is -2.07. The van der Waals surface area contributed by atoms with Crippen LogP contribution in [0.25, 0.3) is 0 Å². The van der Waals surface area contributed by atoms with Crippen molar-refractivity contribution in [1.29, 1.82) is 0 Å². The van der Waals surface area contributed by atoms with Crippen LogP contribution in [-0.4, -0.2) is 18.6 Å². The van der Waals surface area contributed by atoms with E-state index in [-0.39, 0.29) is 0 Å². The van der Waals surface area contributed by atoms with Crippen LogP contribution in [-0.2, 0) is 13.2 Å². The van der Waals surface area contributed by atoms with Gasteiger partial charge in [0, 0.05) is 12.7 Å². The molecule has 4 heteroatoms. The Labute approximate surface area is 119 Å². The first-order chi connectivity index (χ1) is 9.83. The van der Waals surface area contributed by atoms with E-state index in [2.05, 4.69) is 17.2 Å². The standard InChI is InChI=1S/C16H20N2O2/c1-3-17-11-13-7-8-15(19-2)16(10-13)20-12-14-6-4-5-9-18-14/h4-10,17H,3,11-12H2,1-2H3. The zero-order valence-electron chi connectivity index (χ0n) is 11.9. The number of aromatic nitrogens is 1. The molecule has 2 aromatic rings. The molecule has 106 valence electrons. The van der Waals surface area contributed by atoms with E-state index in [0.717, 1.165) is 30.3 Å². The van der Waals surface area contributed by atoms with Crippen LogP contribution in [0.5, 0.6) is 11.5 Å². The van der Waals surface area contributed by atoms with Gasteiger partial charge in [-0.1, -0.05) is 19.1 Å². The SMILES string of the molecule is CCNCc1ccc(OC)c(OCc2ccccn2)c1. The zero-order chi connectivity index (χ0) is 14.2.